The van der Waals surface area contributed by atoms with E-state index in [0.717, 1.165) is 6.07 Å². The molecule has 0 saturated heterocycles. The molecule has 15 heavy (non-hydrogen) atoms. The van der Waals surface area contributed by atoms with Crippen LogP contribution in [0.1, 0.15) is 24.4 Å². The van der Waals surface area contributed by atoms with Crippen LogP contribution in [0, 0.1) is 17.5 Å². The van der Waals surface area contributed by atoms with E-state index in [1.54, 1.807) is 0 Å². The van der Waals surface area contributed by atoms with E-state index in [9.17, 15) is 13.2 Å². The molecule has 0 aliphatic carbocycles. The van der Waals surface area contributed by atoms with Gasteiger partial charge in [0, 0.05) is 17.7 Å². The third kappa shape index (κ3) is 2.94. The average Bonchev–Trinajstić information content (AvgIpc) is 2.20. The molecule has 84 valence electrons. The van der Waals surface area contributed by atoms with Gasteiger partial charge in [0.1, 0.15) is 5.82 Å². The van der Waals surface area contributed by atoms with E-state index in [4.69, 9.17) is 11.5 Å². The molecular weight excluding hydrogens is 205 g/mol. The summed E-state index contributed by atoms with van der Waals surface area (Å²) in [6.45, 7) is 0.430. The van der Waals surface area contributed by atoms with Crippen molar-refractivity contribution in [2.24, 2.45) is 11.5 Å². The predicted octanol–water partition coefficient (Wildman–Crippen LogP) is 1.84. The second kappa shape index (κ2) is 5.14. The van der Waals surface area contributed by atoms with E-state index in [1.165, 1.54) is 0 Å². The molecule has 1 atom stereocenters. The summed E-state index contributed by atoms with van der Waals surface area (Å²) in [6.07, 6.45) is 1.05. The molecule has 0 spiro atoms. The standard InChI is InChI=1S/C10H13F3N2/c11-7-5-9(13)8(12)4-6(7)10(15)2-1-3-14/h4-5,10H,1-3,14-15H2/t10-/m0/s1. The minimum Gasteiger partial charge on any atom is -0.330 e. The fourth-order valence-electron chi connectivity index (χ4n) is 1.32. The van der Waals surface area contributed by atoms with E-state index in [1.807, 2.05) is 0 Å². The van der Waals surface area contributed by atoms with E-state index in [0.29, 0.717) is 25.5 Å². The van der Waals surface area contributed by atoms with Crippen LogP contribution >= 0.6 is 0 Å². The zero-order valence-electron chi connectivity index (χ0n) is 8.14. The number of hydrogen-bond acceptors (Lipinski definition) is 2. The maximum absolute atomic E-state index is 13.2. The number of rotatable bonds is 4. The van der Waals surface area contributed by atoms with Crippen LogP contribution in [0.3, 0.4) is 0 Å². The minimum absolute atomic E-state index is 0.0117. The quantitative estimate of drug-likeness (QED) is 0.757. The molecular formula is C10H13F3N2. The van der Waals surface area contributed by atoms with Crippen LogP contribution in [0.15, 0.2) is 12.1 Å². The van der Waals surface area contributed by atoms with Crippen LogP contribution < -0.4 is 11.5 Å². The summed E-state index contributed by atoms with van der Waals surface area (Å²) in [4.78, 5) is 0. The second-order valence-electron chi connectivity index (χ2n) is 3.33. The lowest BCUT2D eigenvalue weighted by atomic mass is 10.0. The molecule has 5 heteroatoms. The first kappa shape index (κ1) is 12.0. The Bertz CT molecular complexity index is 342. The highest BCUT2D eigenvalue weighted by molar-refractivity contribution is 5.23. The van der Waals surface area contributed by atoms with E-state index >= 15 is 0 Å². The Morgan fingerprint density at radius 2 is 1.67 bits per heavy atom. The van der Waals surface area contributed by atoms with Gasteiger partial charge in [-0.1, -0.05) is 0 Å². The van der Waals surface area contributed by atoms with Crippen LogP contribution in [-0.4, -0.2) is 6.54 Å². The maximum atomic E-state index is 13.2. The van der Waals surface area contributed by atoms with Crippen LogP contribution in [0.25, 0.3) is 0 Å². The van der Waals surface area contributed by atoms with E-state index < -0.39 is 23.5 Å². The summed E-state index contributed by atoms with van der Waals surface area (Å²) >= 11 is 0. The van der Waals surface area contributed by atoms with Crippen molar-refractivity contribution in [2.75, 3.05) is 6.54 Å². The Labute approximate surface area is 86.1 Å². The van der Waals surface area contributed by atoms with Crippen LogP contribution in [-0.2, 0) is 0 Å². The molecule has 0 unspecified atom stereocenters. The number of hydrogen-bond donors (Lipinski definition) is 2. The fraction of sp³-hybridized carbons (Fsp3) is 0.400. The smallest absolute Gasteiger partial charge is 0.161 e. The molecule has 0 radical (unpaired) electrons. The van der Waals surface area contributed by atoms with Gasteiger partial charge < -0.3 is 11.5 Å². The van der Waals surface area contributed by atoms with Gasteiger partial charge in [-0.15, -0.1) is 0 Å². The Morgan fingerprint density at radius 3 is 2.27 bits per heavy atom. The maximum Gasteiger partial charge on any atom is 0.161 e. The van der Waals surface area contributed by atoms with Gasteiger partial charge in [-0.3, -0.25) is 0 Å². The predicted molar refractivity (Wildman–Crippen MR) is 51.5 cm³/mol. The molecule has 2 nitrogen and oxygen atoms in total. The number of nitrogens with two attached hydrogens (primary N) is 2. The number of halogens is 3. The van der Waals surface area contributed by atoms with Gasteiger partial charge in [0.15, 0.2) is 11.6 Å². The normalized spacial score (nSPS) is 12.9. The van der Waals surface area contributed by atoms with E-state index in [-0.39, 0.29) is 5.56 Å². The van der Waals surface area contributed by atoms with Gasteiger partial charge in [0.2, 0.25) is 0 Å². The third-order valence-corrected chi connectivity index (χ3v) is 2.16. The summed E-state index contributed by atoms with van der Waals surface area (Å²) in [5, 5.41) is 0. The van der Waals surface area contributed by atoms with Gasteiger partial charge in [-0.05, 0) is 25.5 Å². The van der Waals surface area contributed by atoms with Gasteiger partial charge in [-0.2, -0.15) is 0 Å². The average molecular weight is 218 g/mol. The van der Waals surface area contributed by atoms with Crippen molar-refractivity contribution < 1.29 is 13.2 Å². The highest BCUT2D eigenvalue weighted by atomic mass is 19.2. The summed E-state index contributed by atoms with van der Waals surface area (Å²) < 4.78 is 38.6. The van der Waals surface area contributed by atoms with Crippen molar-refractivity contribution in [3.63, 3.8) is 0 Å². The molecule has 0 heterocycles. The van der Waals surface area contributed by atoms with E-state index in [2.05, 4.69) is 0 Å². The van der Waals surface area contributed by atoms with Crippen molar-refractivity contribution in [2.45, 2.75) is 18.9 Å². The molecule has 4 N–H and O–H groups in total. The molecule has 0 fully saturated rings. The lowest BCUT2D eigenvalue weighted by molar-refractivity contribution is 0.480. The van der Waals surface area contributed by atoms with Crippen LogP contribution in [0.2, 0.25) is 0 Å². The summed E-state index contributed by atoms with van der Waals surface area (Å²) in [5.41, 5.74) is 10.9. The molecule has 0 bridgehead atoms. The molecule has 0 aliphatic heterocycles. The zero-order chi connectivity index (χ0) is 11.4. The molecule has 1 aromatic carbocycles. The molecule has 1 aromatic rings. The lowest BCUT2D eigenvalue weighted by Gasteiger charge is -2.12. The van der Waals surface area contributed by atoms with Gasteiger partial charge in [0.25, 0.3) is 0 Å². The monoisotopic (exact) mass is 218 g/mol. The first-order chi connectivity index (χ1) is 7.06. The largest absolute Gasteiger partial charge is 0.330 e. The Hall–Kier alpha value is -1.07. The first-order valence-corrected chi connectivity index (χ1v) is 4.66. The summed E-state index contributed by atoms with van der Waals surface area (Å²) in [7, 11) is 0. The molecule has 0 saturated carbocycles. The first-order valence-electron chi connectivity index (χ1n) is 4.66. The minimum atomic E-state index is -1.21. The second-order valence-corrected chi connectivity index (χ2v) is 3.33. The van der Waals surface area contributed by atoms with Crippen molar-refractivity contribution in [1.29, 1.82) is 0 Å². The van der Waals surface area contributed by atoms with Crippen LogP contribution in [0.4, 0.5) is 13.2 Å². The Balaban J connectivity index is 2.88. The van der Waals surface area contributed by atoms with Crippen molar-refractivity contribution in [1.82, 2.24) is 0 Å². The molecule has 0 amide bonds. The van der Waals surface area contributed by atoms with Crippen molar-refractivity contribution in [3.8, 4) is 0 Å². The van der Waals surface area contributed by atoms with Gasteiger partial charge in [-0.25, -0.2) is 13.2 Å². The van der Waals surface area contributed by atoms with Gasteiger partial charge >= 0.3 is 0 Å². The zero-order valence-corrected chi connectivity index (χ0v) is 8.14. The summed E-state index contributed by atoms with van der Waals surface area (Å²) in [6, 6.07) is 0.655. The summed E-state index contributed by atoms with van der Waals surface area (Å²) in [5.74, 6) is -3.12. The molecule has 1 rings (SSSR count). The highest BCUT2D eigenvalue weighted by Crippen LogP contribution is 2.21. The lowest BCUT2D eigenvalue weighted by Crippen LogP contribution is -2.14. The fourth-order valence-corrected chi connectivity index (χ4v) is 1.32. The van der Waals surface area contributed by atoms with Crippen molar-refractivity contribution in [3.05, 3.63) is 35.1 Å². The number of benzene rings is 1. The third-order valence-electron chi connectivity index (χ3n) is 2.16. The van der Waals surface area contributed by atoms with Crippen LogP contribution in [0.5, 0.6) is 0 Å². The Kier molecular flexibility index (Phi) is 4.11. The Morgan fingerprint density at radius 1 is 1.07 bits per heavy atom. The topological polar surface area (TPSA) is 52.0 Å². The molecule has 0 aliphatic rings. The highest BCUT2D eigenvalue weighted by Gasteiger charge is 2.15. The van der Waals surface area contributed by atoms with Gasteiger partial charge in [0.05, 0.1) is 0 Å². The SMILES string of the molecule is NCCC[C@H](N)c1cc(F)c(F)cc1F. The molecule has 0 aromatic heterocycles. The van der Waals surface area contributed by atoms with Crippen molar-refractivity contribution >= 4 is 0 Å².